The van der Waals surface area contributed by atoms with E-state index in [1.165, 1.54) is 7.11 Å². The van der Waals surface area contributed by atoms with E-state index in [1.807, 2.05) is 0 Å². The number of benzene rings is 1. The molecule has 0 aliphatic rings. The zero-order chi connectivity index (χ0) is 11.6. The second kappa shape index (κ2) is 4.55. The molecule has 6 heteroatoms. The van der Waals surface area contributed by atoms with Crippen LogP contribution in [0.5, 0.6) is 5.75 Å². The molecule has 0 unspecified atom stereocenters. The minimum atomic E-state index is -1.30. The molecule has 0 radical (unpaired) electrons. The molecule has 3 nitrogen and oxygen atoms in total. The van der Waals surface area contributed by atoms with E-state index in [-0.39, 0.29) is 10.8 Å². The normalized spacial score (nSPS) is 10.2. The summed E-state index contributed by atoms with van der Waals surface area (Å²) in [6.45, 7) is -0.451. The van der Waals surface area contributed by atoms with Gasteiger partial charge in [-0.3, -0.25) is 4.79 Å². The molecule has 0 atom stereocenters. The highest BCUT2D eigenvalue weighted by Crippen LogP contribution is 2.32. The average Bonchev–Trinajstić information content (AvgIpc) is 2.21. The monoisotopic (exact) mass is 235 g/mol. The number of hydrogen-bond acceptors (Lipinski definition) is 3. The van der Waals surface area contributed by atoms with Crippen molar-refractivity contribution >= 4 is 17.4 Å². The molecule has 2 N–H and O–H groups in total. The van der Waals surface area contributed by atoms with Gasteiger partial charge in [0.15, 0.2) is 23.2 Å². The second-order valence-electron chi connectivity index (χ2n) is 2.69. The summed E-state index contributed by atoms with van der Waals surface area (Å²) in [6.07, 6.45) is 0. The largest absolute Gasteiger partial charge is 0.494 e. The molecule has 0 aliphatic heterocycles. The molecule has 0 aromatic heterocycles. The summed E-state index contributed by atoms with van der Waals surface area (Å²) < 4.78 is 30.9. The van der Waals surface area contributed by atoms with Crippen molar-refractivity contribution in [1.29, 1.82) is 0 Å². The molecule has 0 fully saturated rings. The Labute approximate surface area is 89.8 Å². The van der Waals surface area contributed by atoms with Gasteiger partial charge in [-0.05, 0) is 6.07 Å². The fourth-order valence-electron chi connectivity index (χ4n) is 1.13. The van der Waals surface area contributed by atoms with Crippen LogP contribution in [-0.4, -0.2) is 19.4 Å². The SMILES string of the molecule is COc1c(Cl)cc(F)c(F)c1C(=O)CN. The van der Waals surface area contributed by atoms with Crippen LogP contribution in [0.4, 0.5) is 8.78 Å². The van der Waals surface area contributed by atoms with Gasteiger partial charge in [0.1, 0.15) is 5.56 Å². The van der Waals surface area contributed by atoms with Crippen molar-refractivity contribution in [3.8, 4) is 5.75 Å². The molecule has 0 amide bonds. The molecule has 0 aliphatic carbocycles. The van der Waals surface area contributed by atoms with Gasteiger partial charge in [0.25, 0.3) is 0 Å². The lowest BCUT2D eigenvalue weighted by molar-refractivity contribution is 0.0993. The highest BCUT2D eigenvalue weighted by Gasteiger charge is 2.23. The summed E-state index contributed by atoms with van der Waals surface area (Å²) >= 11 is 5.58. The van der Waals surface area contributed by atoms with E-state index in [0.717, 1.165) is 6.07 Å². The summed E-state index contributed by atoms with van der Waals surface area (Å²) in [5, 5.41) is -0.173. The van der Waals surface area contributed by atoms with E-state index in [9.17, 15) is 13.6 Å². The van der Waals surface area contributed by atoms with E-state index in [2.05, 4.69) is 0 Å². The van der Waals surface area contributed by atoms with Crippen LogP contribution in [0.15, 0.2) is 6.07 Å². The van der Waals surface area contributed by atoms with Crippen molar-refractivity contribution in [1.82, 2.24) is 0 Å². The average molecular weight is 236 g/mol. The number of nitrogens with two attached hydrogens (primary N) is 1. The predicted octanol–water partition coefficient (Wildman–Crippen LogP) is 1.77. The van der Waals surface area contributed by atoms with E-state index in [1.54, 1.807) is 0 Å². The highest BCUT2D eigenvalue weighted by molar-refractivity contribution is 6.32. The number of rotatable bonds is 3. The minimum absolute atomic E-state index is 0.173. The van der Waals surface area contributed by atoms with Crippen LogP contribution in [0, 0.1) is 11.6 Å². The zero-order valence-electron chi connectivity index (χ0n) is 7.81. The summed E-state index contributed by atoms with van der Waals surface area (Å²) in [5.41, 5.74) is 4.51. The first-order chi connectivity index (χ1) is 7.02. The topological polar surface area (TPSA) is 52.3 Å². The molecule has 1 aromatic carbocycles. The van der Waals surface area contributed by atoms with E-state index in [4.69, 9.17) is 22.1 Å². The molecule has 0 bridgehead atoms. The van der Waals surface area contributed by atoms with Crippen LogP contribution in [-0.2, 0) is 0 Å². The highest BCUT2D eigenvalue weighted by atomic mass is 35.5. The van der Waals surface area contributed by atoms with Gasteiger partial charge in [-0.15, -0.1) is 0 Å². The van der Waals surface area contributed by atoms with Crippen molar-refractivity contribution in [2.24, 2.45) is 5.73 Å². The quantitative estimate of drug-likeness (QED) is 0.642. The minimum Gasteiger partial charge on any atom is -0.494 e. The fourth-order valence-corrected chi connectivity index (χ4v) is 1.40. The summed E-state index contributed by atoms with van der Waals surface area (Å²) in [5.74, 6) is -3.49. The van der Waals surface area contributed by atoms with Gasteiger partial charge >= 0.3 is 0 Å². The lowest BCUT2D eigenvalue weighted by Gasteiger charge is -2.10. The van der Waals surface area contributed by atoms with Gasteiger partial charge in [0.2, 0.25) is 0 Å². The Kier molecular flexibility index (Phi) is 3.60. The van der Waals surface area contributed by atoms with Gasteiger partial charge in [0.05, 0.1) is 18.7 Å². The van der Waals surface area contributed by atoms with Crippen molar-refractivity contribution in [2.45, 2.75) is 0 Å². The van der Waals surface area contributed by atoms with E-state index >= 15 is 0 Å². The van der Waals surface area contributed by atoms with Crippen LogP contribution >= 0.6 is 11.6 Å². The first-order valence-corrected chi connectivity index (χ1v) is 4.35. The third-order valence-corrected chi connectivity index (χ3v) is 2.08. The maximum atomic E-state index is 13.3. The molecular weight excluding hydrogens is 228 g/mol. The number of carbonyl (C=O) groups is 1. The number of ketones is 1. The van der Waals surface area contributed by atoms with E-state index in [0.29, 0.717) is 0 Å². The Morgan fingerprint density at radius 1 is 1.60 bits per heavy atom. The van der Waals surface area contributed by atoms with Gasteiger partial charge in [-0.25, -0.2) is 8.78 Å². The lowest BCUT2D eigenvalue weighted by Crippen LogP contribution is -2.17. The summed E-state index contributed by atoms with van der Waals surface area (Å²) in [7, 11) is 1.20. The Morgan fingerprint density at radius 3 is 2.67 bits per heavy atom. The zero-order valence-corrected chi connectivity index (χ0v) is 8.57. The predicted molar refractivity (Wildman–Crippen MR) is 51.3 cm³/mol. The van der Waals surface area contributed by atoms with Crippen molar-refractivity contribution in [2.75, 3.05) is 13.7 Å². The van der Waals surface area contributed by atoms with Crippen LogP contribution in [0.3, 0.4) is 0 Å². The molecule has 82 valence electrons. The van der Waals surface area contributed by atoms with Gasteiger partial charge in [-0.1, -0.05) is 11.6 Å². The summed E-state index contributed by atoms with van der Waals surface area (Å²) in [6, 6.07) is 0.739. The Hall–Kier alpha value is -1.20. The third kappa shape index (κ3) is 2.08. The van der Waals surface area contributed by atoms with Crippen molar-refractivity contribution < 1.29 is 18.3 Å². The Morgan fingerprint density at radius 2 is 2.20 bits per heavy atom. The maximum absolute atomic E-state index is 13.3. The van der Waals surface area contributed by atoms with Gasteiger partial charge in [0, 0.05) is 0 Å². The molecule has 0 saturated carbocycles. The lowest BCUT2D eigenvalue weighted by atomic mass is 10.1. The van der Waals surface area contributed by atoms with Crippen LogP contribution in [0.2, 0.25) is 5.02 Å². The number of ether oxygens (including phenoxy) is 1. The summed E-state index contributed by atoms with van der Waals surface area (Å²) in [4.78, 5) is 11.2. The van der Waals surface area contributed by atoms with Crippen LogP contribution < -0.4 is 10.5 Å². The van der Waals surface area contributed by atoms with Crippen LogP contribution in [0.1, 0.15) is 10.4 Å². The number of Topliss-reactive ketones (excluding diaryl/α,β-unsaturated/α-hetero) is 1. The van der Waals surface area contributed by atoms with E-state index < -0.39 is 29.5 Å². The molecule has 1 aromatic rings. The molecule has 15 heavy (non-hydrogen) atoms. The maximum Gasteiger partial charge on any atom is 0.183 e. The van der Waals surface area contributed by atoms with Gasteiger partial charge < -0.3 is 10.5 Å². The smallest absolute Gasteiger partial charge is 0.183 e. The molecule has 0 heterocycles. The molecule has 0 spiro atoms. The second-order valence-corrected chi connectivity index (χ2v) is 3.10. The molecular formula is C9H8ClF2NO2. The first-order valence-electron chi connectivity index (χ1n) is 3.97. The van der Waals surface area contributed by atoms with Crippen molar-refractivity contribution in [3.05, 3.63) is 28.3 Å². The Bertz CT molecular complexity index is 410. The number of hydrogen-bond donors (Lipinski definition) is 1. The van der Waals surface area contributed by atoms with Crippen molar-refractivity contribution in [3.63, 3.8) is 0 Å². The Balaban J connectivity index is 3.50. The fraction of sp³-hybridized carbons (Fsp3) is 0.222. The molecule has 1 rings (SSSR count). The standard InChI is InChI=1S/C9H8ClF2NO2/c1-15-9-4(10)2-5(11)8(12)7(9)6(14)3-13/h2H,3,13H2,1H3. The number of carbonyl (C=O) groups excluding carboxylic acids is 1. The first kappa shape index (κ1) is 11.9. The molecule has 0 saturated heterocycles. The van der Waals surface area contributed by atoms with Crippen LogP contribution in [0.25, 0.3) is 0 Å². The third-order valence-electron chi connectivity index (χ3n) is 1.79. The number of methoxy groups -OCH3 is 1. The number of halogens is 3. The van der Waals surface area contributed by atoms with Gasteiger partial charge in [-0.2, -0.15) is 0 Å².